The summed E-state index contributed by atoms with van der Waals surface area (Å²) in [6.07, 6.45) is 4.65. The highest BCUT2D eigenvalue weighted by molar-refractivity contribution is 8.00. The van der Waals surface area contributed by atoms with Crippen LogP contribution in [0.25, 0.3) is 22.2 Å². The Morgan fingerprint density at radius 2 is 2.17 bits per heavy atom. The highest BCUT2D eigenvalue weighted by Crippen LogP contribution is 2.33. The van der Waals surface area contributed by atoms with Crippen molar-refractivity contribution in [2.45, 2.75) is 31.1 Å². The SMILES string of the molecule is CSC1(C(=O)Nc2ccc3[nH]nc(-c4ccc(OC(C)C)nc4)c3c2)CCNC1. The number of amides is 1. The summed E-state index contributed by atoms with van der Waals surface area (Å²) in [6, 6.07) is 9.58. The van der Waals surface area contributed by atoms with E-state index in [0.29, 0.717) is 12.4 Å². The number of ether oxygens (including phenoxy) is 1. The van der Waals surface area contributed by atoms with Gasteiger partial charge in [-0.25, -0.2) is 4.98 Å². The van der Waals surface area contributed by atoms with E-state index in [1.165, 1.54) is 0 Å². The Morgan fingerprint density at radius 3 is 2.83 bits per heavy atom. The molecule has 0 radical (unpaired) electrons. The van der Waals surface area contributed by atoms with Crippen LogP contribution in [0.5, 0.6) is 5.88 Å². The minimum atomic E-state index is -0.412. The fourth-order valence-electron chi connectivity index (χ4n) is 3.52. The second kappa shape index (κ2) is 8.04. The van der Waals surface area contributed by atoms with Crippen LogP contribution in [-0.2, 0) is 4.79 Å². The van der Waals surface area contributed by atoms with Gasteiger partial charge in [-0.05, 0) is 57.3 Å². The molecular weight excluding hydrogens is 386 g/mol. The number of pyridine rings is 1. The molecule has 8 heteroatoms. The monoisotopic (exact) mass is 411 g/mol. The van der Waals surface area contributed by atoms with Crippen LogP contribution < -0.4 is 15.4 Å². The maximum Gasteiger partial charge on any atom is 0.241 e. The zero-order chi connectivity index (χ0) is 20.4. The summed E-state index contributed by atoms with van der Waals surface area (Å²) in [4.78, 5) is 17.3. The van der Waals surface area contributed by atoms with Gasteiger partial charge in [0, 0.05) is 35.4 Å². The molecule has 1 amide bonds. The molecule has 1 aliphatic heterocycles. The number of H-pyrrole nitrogens is 1. The van der Waals surface area contributed by atoms with Crippen LogP contribution in [0, 0.1) is 0 Å². The number of anilines is 1. The smallest absolute Gasteiger partial charge is 0.241 e. The number of carbonyl (C=O) groups excluding carboxylic acids is 1. The number of rotatable bonds is 6. The first kappa shape index (κ1) is 19.7. The summed E-state index contributed by atoms with van der Waals surface area (Å²) in [6.45, 7) is 5.49. The zero-order valence-electron chi connectivity index (χ0n) is 16.8. The molecule has 1 aromatic carbocycles. The molecule has 3 N–H and O–H groups in total. The number of thioether (sulfide) groups is 1. The Kier molecular flexibility index (Phi) is 5.47. The van der Waals surface area contributed by atoms with Crippen molar-refractivity contribution >= 4 is 34.3 Å². The molecule has 2 aromatic heterocycles. The Bertz CT molecular complexity index is 1010. The van der Waals surface area contributed by atoms with E-state index in [9.17, 15) is 4.79 Å². The molecule has 3 aromatic rings. The Balaban J connectivity index is 1.60. The second-order valence-corrected chi connectivity index (χ2v) is 8.65. The predicted octanol–water partition coefficient (Wildman–Crippen LogP) is 3.45. The molecule has 3 heterocycles. The van der Waals surface area contributed by atoms with Crippen molar-refractivity contribution < 1.29 is 9.53 Å². The number of benzene rings is 1. The van der Waals surface area contributed by atoms with E-state index in [0.717, 1.165) is 40.8 Å². The van der Waals surface area contributed by atoms with Crippen LogP contribution >= 0.6 is 11.8 Å². The third kappa shape index (κ3) is 3.95. The second-order valence-electron chi connectivity index (χ2n) is 7.46. The average molecular weight is 412 g/mol. The molecule has 4 rings (SSSR count). The van der Waals surface area contributed by atoms with E-state index >= 15 is 0 Å². The van der Waals surface area contributed by atoms with Gasteiger partial charge in [0.25, 0.3) is 0 Å². The lowest BCUT2D eigenvalue weighted by atomic mass is 10.1. The van der Waals surface area contributed by atoms with Gasteiger partial charge in [-0.1, -0.05) is 0 Å². The lowest BCUT2D eigenvalue weighted by molar-refractivity contribution is -0.118. The van der Waals surface area contributed by atoms with Crippen LogP contribution in [-0.4, -0.2) is 51.3 Å². The highest BCUT2D eigenvalue weighted by atomic mass is 32.2. The molecular formula is C21H25N5O2S. The van der Waals surface area contributed by atoms with Crippen LogP contribution in [0.3, 0.4) is 0 Å². The average Bonchev–Trinajstić information content (AvgIpc) is 3.36. The van der Waals surface area contributed by atoms with Gasteiger partial charge in [0.1, 0.15) is 10.4 Å². The minimum Gasteiger partial charge on any atom is -0.475 e. The maximum absolute atomic E-state index is 12.9. The van der Waals surface area contributed by atoms with Gasteiger partial charge < -0.3 is 15.4 Å². The van der Waals surface area contributed by atoms with E-state index in [-0.39, 0.29) is 12.0 Å². The highest BCUT2D eigenvalue weighted by Gasteiger charge is 2.40. The fourth-order valence-corrected chi connectivity index (χ4v) is 4.31. The molecule has 29 heavy (non-hydrogen) atoms. The first-order valence-corrected chi connectivity index (χ1v) is 10.9. The topological polar surface area (TPSA) is 91.9 Å². The van der Waals surface area contributed by atoms with Crippen molar-refractivity contribution in [3.05, 3.63) is 36.5 Å². The third-order valence-corrected chi connectivity index (χ3v) is 6.42. The van der Waals surface area contributed by atoms with Gasteiger partial charge in [0.05, 0.1) is 11.6 Å². The molecule has 1 atom stereocenters. The lowest BCUT2D eigenvalue weighted by Crippen LogP contribution is -2.41. The first-order chi connectivity index (χ1) is 14.0. The molecule has 0 bridgehead atoms. The number of carbonyl (C=O) groups is 1. The normalized spacial score (nSPS) is 19.0. The molecule has 1 aliphatic rings. The molecule has 1 saturated heterocycles. The van der Waals surface area contributed by atoms with Crippen molar-refractivity contribution in [1.29, 1.82) is 0 Å². The number of fused-ring (bicyclic) bond motifs is 1. The van der Waals surface area contributed by atoms with Gasteiger partial charge in [-0.3, -0.25) is 9.89 Å². The van der Waals surface area contributed by atoms with Gasteiger partial charge in [0.15, 0.2) is 0 Å². The summed E-state index contributed by atoms with van der Waals surface area (Å²) in [5, 5.41) is 14.8. The number of nitrogens with one attached hydrogen (secondary N) is 3. The van der Waals surface area contributed by atoms with Gasteiger partial charge in [0.2, 0.25) is 11.8 Å². The van der Waals surface area contributed by atoms with Gasteiger partial charge in [-0.15, -0.1) is 11.8 Å². The Morgan fingerprint density at radius 1 is 1.31 bits per heavy atom. The summed E-state index contributed by atoms with van der Waals surface area (Å²) in [5.41, 5.74) is 3.35. The molecule has 1 unspecified atom stereocenters. The Labute approximate surface area is 174 Å². The van der Waals surface area contributed by atoms with Crippen LogP contribution in [0.2, 0.25) is 0 Å². The number of aromatic amines is 1. The molecule has 0 spiro atoms. The first-order valence-electron chi connectivity index (χ1n) is 9.69. The summed E-state index contributed by atoms with van der Waals surface area (Å²) >= 11 is 1.60. The molecule has 7 nitrogen and oxygen atoms in total. The number of nitrogens with zero attached hydrogens (tertiary/aromatic N) is 2. The van der Waals surface area contributed by atoms with E-state index in [1.807, 2.05) is 50.4 Å². The van der Waals surface area contributed by atoms with Crippen molar-refractivity contribution in [1.82, 2.24) is 20.5 Å². The van der Waals surface area contributed by atoms with Crippen molar-refractivity contribution in [3.63, 3.8) is 0 Å². The summed E-state index contributed by atoms with van der Waals surface area (Å²) in [7, 11) is 0. The van der Waals surface area contributed by atoms with Crippen LogP contribution in [0.1, 0.15) is 20.3 Å². The minimum absolute atomic E-state index is 0.0382. The number of hydrogen-bond donors (Lipinski definition) is 3. The molecule has 152 valence electrons. The van der Waals surface area contributed by atoms with Crippen LogP contribution in [0.15, 0.2) is 36.5 Å². The summed E-state index contributed by atoms with van der Waals surface area (Å²) < 4.78 is 5.20. The lowest BCUT2D eigenvalue weighted by Gasteiger charge is -2.24. The number of hydrogen-bond acceptors (Lipinski definition) is 6. The quantitative estimate of drug-likeness (QED) is 0.575. The van der Waals surface area contributed by atoms with Crippen molar-refractivity contribution in [3.8, 4) is 17.1 Å². The van der Waals surface area contributed by atoms with E-state index < -0.39 is 4.75 Å². The summed E-state index contributed by atoms with van der Waals surface area (Å²) in [5.74, 6) is 0.625. The van der Waals surface area contributed by atoms with E-state index in [2.05, 4.69) is 25.8 Å². The molecule has 1 fully saturated rings. The fraction of sp³-hybridized carbons (Fsp3) is 0.381. The van der Waals surface area contributed by atoms with Crippen molar-refractivity contribution in [2.75, 3.05) is 24.7 Å². The van der Waals surface area contributed by atoms with Gasteiger partial charge >= 0.3 is 0 Å². The standard InChI is InChI=1S/C21H25N5O2S/c1-13(2)28-18-7-4-14(11-23-18)19-16-10-15(5-6-17(16)25-26-19)24-20(27)21(29-3)8-9-22-12-21/h4-7,10-11,13,22H,8-9,12H2,1-3H3,(H,24,27)(H,25,26). The largest absolute Gasteiger partial charge is 0.475 e. The van der Waals surface area contributed by atoms with E-state index in [1.54, 1.807) is 18.0 Å². The predicted molar refractivity (Wildman–Crippen MR) is 117 cm³/mol. The van der Waals surface area contributed by atoms with E-state index in [4.69, 9.17) is 4.74 Å². The van der Waals surface area contributed by atoms with Crippen molar-refractivity contribution in [2.24, 2.45) is 0 Å². The van der Waals surface area contributed by atoms with Crippen LogP contribution in [0.4, 0.5) is 5.69 Å². The van der Waals surface area contributed by atoms with Gasteiger partial charge in [-0.2, -0.15) is 5.10 Å². The number of aromatic nitrogens is 3. The third-order valence-electron chi connectivity index (χ3n) is 5.11. The Hall–Kier alpha value is -2.58. The zero-order valence-corrected chi connectivity index (χ0v) is 17.6. The maximum atomic E-state index is 12.9. The molecule has 0 saturated carbocycles. The molecule has 0 aliphatic carbocycles.